The van der Waals surface area contributed by atoms with Gasteiger partial charge < -0.3 is 29.7 Å². The average molecular weight is 837 g/mol. The number of rotatable bonds is 39. The number of esters is 2. The molecule has 0 saturated heterocycles. The van der Waals surface area contributed by atoms with Crippen molar-refractivity contribution >= 4 is 19.8 Å². The SMILES string of the molecule is CC/C=C\C/C=C\C/C=C\C/C=C\C/C=C\C=C/C(O)CCC(=O)O[C@H](COC(=O)CCCCCCC/C=C\CCCCCCCC)COP(=O)(O)OC[C@@H](O)CO. The van der Waals surface area contributed by atoms with Crippen molar-refractivity contribution in [2.45, 2.75) is 167 Å². The second-order valence-electron chi connectivity index (χ2n) is 14.2. The Morgan fingerprint density at radius 2 is 1.14 bits per heavy atom. The third-order valence-corrected chi connectivity index (χ3v) is 9.60. The molecule has 0 bridgehead atoms. The minimum absolute atomic E-state index is 0.0591. The zero-order valence-corrected chi connectivity index (χ0v) is 36.5. The summed E-state index contributed by atoms with van der Waals surface area (Å²) in [5.74, 6) is -1.22. The van der Waals surface area contributed by atoms with Crippen LogP contribution >= 0.6 is 7.82 Å². The second-order valence-corrected chi connectivity index (χ2v) is 15.6. The number of carbonyl (C=O) groups excluding carboxylic acids is 2. The molecule has 0 radical (unpaired) electrons. The zero-order chi connectivity index (χ0) is 42.8. The van der Waals surface area contributed by atoms with Crippen LogP contribution in [0.4, 0.5) is 0 Å². The lowest BCUT2D eigenvalue weighted by Gasteiger charge is -2.20. The highest BCUT2D eigenvalue weighted by molar-refractivity contribution is 7.47. The van der Waals surface area contributed by atoms with Gasteiger partial charge in [0, 0.05) is 12.8 Å². The van der Waals surface area contributed by atoms with Gasteiger partial charge in [0.05, 0.1) is 25.9 Å². The lowest BCUT2D eigenvalue weighted by molar-refractivity contribution is -0.161. The summed E-state index contributed by atoms with van der Waals surface area (Å²) in [7, 11) is -4.69. The fraction of sp³-hybridized carbons (Fsp3) is 0.652. The molecule has 4 N–H and O–H groups in total. The van der Waals surface area contributed by atoms with E-state index in [4.69, 9.17) is 19.1 Å². The molecule has 0 aromatic rings. The number of aliphatic hydroxyl groups excluding tert-OH is 3. The molecule has 0 aromatic heterocycles. The van der Waals surface area contributed by atoms with Gasteiger partial charge in [0.15, 0.2) is 6.10 Å². The molecule has 11 nitrogen and oxygen atoms in total. The van der Waals surface area contributed by atoms with E-state index in [9.17, 15) is 29.3 Å². The number of aliphatic hydroxyl groups is 3. The molecule has 0 aromatic carbocycles. The van der Waals surface area contributed by atoms with Crippen LogP contribution < -0.4 is 0 Å². The summed E-state index contributed by atoms with van der Waals surface area (Å²) in [6, 6.07) is 0. The van der Waals surface area contributed by atoms with E-state index in [1.54, 1.807) is 12.2 Å². The Morgan fingerprint density at radius 3 is 1.72 bits per heavy atom. The quantitative estimate of drug-likeness (QED) is 0.0153. The average Bonchev–Trinajstić information content (AvgIpc) is 3.21. The summed E-state index contributed by atoms with van der Waals surface area (Å²) in [5, 5.41) is 28.6. The van der Waals surface area contributed by atoms with Gasteiger partial charge in [0.1, 0.15) is 12.7 Å². The molecule has 0 heterocycles. The normalized spacial score (nSPS) is 15.2. The highest BCUT2D eigenvalue weighted by atomic mass is 31.2. The van der Waals surface area contributed by atoms with Crippen molar-refractivity contribution in [1.82, 2.24) is 0 Å². The minimum atomic E-state index is -4.69. The maximum atomic E-state index is 12.6. The van der Waals surface area contributed by atoms with Crippen LogP contribution in [0.5, 0.6) is 0 Å². The summed E-state index contributed by atoms with van der Waals surface area (Å²) in [4.78, 5) is 35.0. The van der Waals surface area contributed by atoms with Crippen LogP contribution in [0.15, 0.2) is 85.1 Å². The first-order valence-corrected chi connectivity index (χ1v) is 23.1. The fourth-order valence-electron chi connectivity index (χ4n) is 5.27. The van der Waals surface area contributed by atoms with Crippen molar-refractivity contribution in [3.63, 3.8) is 0 Å². The van der Waals surface area contributed by atoms with Gasteiger partial charge in [0.2, 0.25) is 0 Å². The first-order valence-electron chi connectivity index (χ1n) is 21.7. The Bertz CT molecular complexity index is 1250. The van der Waals surface area contributed by atoms with Crippen molar-refractivity contribution in [2.75, 3.05) is 26.4 Å². The molecular formula is C46H77O11P. The lowest BCUT2D eigenvalue weighted by Crippen LogP contribution is -2.30. The standard InChI is InChI=1S/C46H77O11P/c1-3-5-7-9-11-13-15-17-19-21-22-24-26-28-30-32-34-42(48)36-37-46(51)57-44(41-56-58(52,53)55-39-43(49)38-47)40-54-45(50)35-33-31-29-27-25-23-20-18-16-14-12-10-8-6-4-2/h5,7,11,13,17-20,22,24,28,30,32,34,42-44,47-49H,3-4,6,8-10,12,14-16,21,23,25-27,29,31,33,35-41H2,1-2H3,(H,52,53)/b7-5-,13-11-,19-17-,20-18-,24-22-,30-28-,34-32-/t42?,43-,44+/m0/s1. The van der Waals surface area contributed by atoms with Gasteiger partial charge in [-0.15, -0.1) is 0 Å². The van der Waals surface area contributed by atoms with Crippen LogP contribution in [0.25, 0.3) is 0 Å². The molecule has 0 saturated carbocycles. The van der Waals surface area contributed by atoms with Crippen molar-refractivity contribution in [3.05, 3.63) is 85.1 Å². The molecule has 0 aliphatic carbocycles. The maximum Gasteiger partial charge on any atom is 0.472 e. The Balaban J connectivity index is 4.57. The van der Waals surface area contributed by atoms with Crippen molar-refractivity contribution in [2.24, 2.45) is 0 Å². The summed E-state index contributed by atoms with van der Waals surface area (Å²) >= 11 is 0. The van der Waals surface area contributed by atoms with Crippen LogP contribution in [0, 0.1) is 0 Å². The van der Waals surface area contributed by atoms with Gasteiger partial charge in [-0.3, -0.25) is 18.6 Å². The summed E-state index contributed by atoms with van der Waals surface area (Å²) in [6.45, 7) is 1.96. The molecule has 0 amide bonds. The minimum Gasteiger partial charge on any atom is -0.462 e. The number of phosphoric acid groups is 1. The Hall–Kier alpha value is -2.89. The van der Waals surface area contributed by atoms with Gasteiger partial charge >= 0.3 is 19.8 Å². The summed E-state index contributed by atoms with van der Waals surface area (Å²) in [6.07, 6.45) is 44.5. The zero-order valence-electron chi connectivity index (χ0n) is 35.6. The maximum absolute atomic E-state index is 12.6. The molecule has 0 aliphatic heterocycles. The molecule has 4 atom stereocenters. The van der Waals surface area contributed by atoms with E-state index in [1.165, 1.54) is 38.5 Å². The van der Waals surface area contributed by atoms with E-state index in [0.717, 1.165) is 70.6 Å². The van der Waals surface area contributed by atoms with Gasteiger partial charge in [0.25, 0.3) is 0 Å². The van der Waals surface area contributed by atoms with Crippen molar-refractivity contribution in [1.29, 1.82) is 0 Å². The number of unbranched alkanes of at least 4 members (excludes halogenated alkanes) is 11. The number of ether oxygens (including phenoxy) is 2. The smallest absolute Gasteiger partial charge is 0.462 e. The van der Waals surface area contributed by atoms with Crippen LogP contribution in [-0.2, 0) is 32.7 Å². The van der Waals surface area contributed by atoms with E-state index < -0.39 is 64.5 Å². The van der Waals surface area contributed by atoms with E-state index in [2.05, 4.69) is 79.1 Å². The second kappa shape index (κ2) is 40.9. The largest absolute Gasteiger partial charge is 0.472 e. The van der Waals surface area contributed by atoms with Gasteiger partial charge in [-0.25, -0.2) is 4.57 Å². The topological polar surface area (TPSA) is 169 Å². The molecule has 0 aliphatic rings. The Kier molecular flexibility index (Phi) is 38.8. The van der Waals surface area contributed by atoms with Crippen LogP contribution in [-0.4, -0.2) is 76.9 Å². The van der Waals surface area contributed by atoms with Crippen molar-refractivity contribution in [3.8, 4) is 0 Å². The predicted octanol–water partition coefficient (Wildman–Crippen LogP) is 10.4. The molecule has 332 valence electrons. The number of carbonyl (C=O) groups is 2. The molecule has 58 heavy (non-hydrogen) atoms. The van der Waals surface area contributed by atoms with Gasteiger partial charge in [-0.1, -0.05) is 150 Å². The highest BCUT2D eigenvalue weighted by Gasteiger charge is 2.27. The third-order valence-electron chi connectivity index (χ3n) is 8.65. The van der Waals surface area contributed by atoms with E-state index in [-0.39, 0.29) is 19.3 Å². The molecule has 12 heteroatoms. The van der Waals surface area contributed by atoms with E-state index in [0.29, 0.717) is 6.42 Å². The fourth-order valence-corrected chi connectivity index (χ4v) is 6.06. The third kappa shape index (κ3) is 39.9. The Morgan fingerprint density at radius 1 is 0.603 bits per heavy atom. The molecule has 2 unspecified atom stereocenters. The lowest BCUT2D eigenvalue weighted by atomic mass is 10.1. The summed E-state index contributed by atoms with van der Waals surface area (Å²) in [5.41, 5.74) is 0. The predicted molar refractivity (Wildman–Crippen MR) is 234 cm³/mol. The summed E-state index contributed by atoms with van der Waals surface area (Å²) < 4.78 is 32.5. The first kappa shape index (κ1) is 55.1. The number of phosphoric ester groups is 1. The van der Waals surface area contributed by atoms with Gasteiger partial charge in [-0.05, 0) is 70.6 Å². The van der Waals surface area contributed by atoms with Crippen LogP contribution in [0.1, 0.15) is 149 Å². The molecule has 0 rings (SSSR count). The first-order chi connectivity index (χ1) is 28.1. The molecular weight excluding hydrogens is 759 g/mol. The number of hydrogen-bond donors (Lipinski definition) is 4. The highest BCUT2D eigenvalue weighted by Crippen LogP contribution is 2.43. The number of hydrogen-bond acceptors (Lipinski definition) is 10. The van der Waals surface area contributed by atoms with Crippen molar-refractivity contribution < 1.29 is 52.9 Å². The Labute approximate surface area is 350 Å². The monoisotopic (exact) mass is 837 g/mol. The molecule has 0 spiro atoms. The van der Waals surface area contributed by atoms with E-state index in [1.807, 2.05) is 12.2 Å². The van der Waals surface area contributed by atoms with Crippen LogP contribution in [0.3, 0.4) is 0 Å². The van der Waals surface area contributed by atoms with Gasteiger partial charge in [-0.2, -0.15) is 0 Å². The molecule has 0 fully saturated rings. The van der Waals surface area contributed by atoms with Crippen LogP contribution in [0.2, 0.25) is 0 Å². The van der Waals surface area contributed by atoms with E-state index >= 15 is 0 Å². The number of allylic oxidation sites excluding steroid dienone is 13.